The van der Waals surface area contributed by atoms with Gasteiger partial charge in [0.1, 0.15) is 0 Å². The Kier molecular flexibility index (Phi) is 4.09. The van der Waals surface area contributed by atoms with Crippen LogP contribution in [0, 0.1) is 6.92 Å². The van der Waals surface area contributed by atoms with Crippen LogP contribution in [0.1, 0.15) is 28.9 Å². The Hall–Kier alpha value is -1.98. The number of nitrogens with zero attached hydrogens (tertiary/aromatic N) is 1. The van der Waals surface area contributed by atoms with Crippen molar-refractivity contribution in [2.24, 2.45) is 0 Å². The van der Waals surface area contributed by atoms with Crippen molar-refractivity contribution in [3.05, 3.63) is 41.6 Å². The molecule has 22 heavy (non-hydrogen) atoms. The molecule has 1 aromatic heterocycles. The highest BCUT2D eigenvalue weighted by Crippen LogP contribution is 2.20. The second-order valence-corrected chi connectivity index (χ2v) is 5.85. The summed E-state index contributed by atoms with van der Waals surface area (Å²) < 4.78 is 5.24. The monoisotopic (exact) mass is 300 g/mol. The molecule has 0 spiro atoms. The van der Waals surface area contributed by atoms with Gasteiger partial charge in [-0.15, -0.1) is 0 Å². The van der Waals surface area contributed by atoms with Gasteiger partial charge < -0.3 is 15.2 Å². The van der Waals surface area contributed by atoms with Crippen LogP contribution in [0.25, 0.3) is 10.9 Å². The quantitative estimate of drug-likeness (QED) is 0.907. The predicted molar refractivity (Wildman–Crippen MR) is 83.8 cm³/mol. The van der Waals surface area contributed by atoms with Crippen molar-refractivity contribution in [1.29, 1.82) is 0 Å². The van der Waals surface area contributed by atoms with Gasteiger partial charge in [-0.3, -0.25) is 9.78 Å². The number of carbonyl (C=O) groups excluding carboxylic acids is 1. The highest BCUT2D eigenvalue weighted by molar-refractivity contribution is 6.05. The van der Waals surface area contributed by atoms with Crippen molar-refractivity contribution < 1.29 is 14.6 Å². The van der Waals surface area contributed by atoms with E-state index in [0.29, 0.717) is 37.1 Å². The Morgan fingerprint density at radius 1 is 1.32 bits per heavy atom. The molecule has 5 nitrogen and oxygen atoms in total. The molecule has 2 aromatic rings. The second-order valence-electron chi connectivity index (χ2n) is 5.85. The van der Waals surface area contributed by atoms with Gasteiger partial charge in [-0.2, -0.15) is 0 Å². The third kappa shape index (κ3) is 3.10. The molecule has 5 heteroatoms. The molecule has 0 saturated carbocycles. The SMILES string of the molecule is Cc1ccc2cccc(C(=O)NCC3(O)CCOCC3)c2n1. The fourth-order valence-electron chi connectivity index (χ4n) is 2.70. The summed E-state index contributed by atoms with van der Waals surface area (Å²) in [6.07, 6.45) is 1.08. The molecule has 1 amide bonds. The first kappa shape index (κ1) is 14.9. The minimum atomic E-state index is -0.873. The number of carbonyl (C=O) groups is 1. The molecule has 0 radical (unpaired) electrons. The number of hydrogen-bond donors (Lipinski definition) is 2. The molecule has 2 heterocycles. The van der Waals surface area contributed by atoms with Crippen molar-refractivity contribution in [1.82, 2.24) is 10.3 Å². The normalized spacial score (nSPS) is 17.4. The van der Waals surface area contributed by atoms with Crippen molar-refractivity contribution in [2.75, 3.05) is 19.8 Å². The van der Waals surface area contributed by atoms with Gasteiger partial charge >= 0.3 is 0 Å². The average Bonchev–Trinajstić information content (AvgIpc) is 2.53. The van der Waals surface area contributed by atoms with Gasteiger partial charge in [-0.25, -0.2) is 0 Å². The molecule has 1 aliphatic rings. The summed E-state index contributed by atoms with van der Waals surface area (Å²) in [5, 5.41) is 14.2. The van der Waals surface area contributed by atoms with E-state index in [1.54, 1.807) is 6.07 Å². The molecule has 2 N–H and O–H groups in total. The lowest BCUT2D eigenvalue weighted by molar-refractivity contribution is -0.0605. The summed E-state index contributed by atoms with van der Waals surface area (Å²) in [7, 11) is 0. The summed E-state index contributed by atoms with van der Waals surface area (Å²) in [4.78, 5) is 16.9. The van der Waals surface area contributed by atoms with Crippen molar-refractivity contribution >= 4 is 16.8 Å². The number of pyridine rings is 1. The fourth-order valence-corrected chi connectivity index (χ4v) is 2.70. The zero-order valence-electron chi connectivity index (χ0n) is 12.6. The van der Waals surface area contributed by atoms with E-state index in [1.807, 2.05) is 31.2 Å². The van der Waals surface area contributed by atoms with E-state index < -0.39 is 5.60 Å². The highest BCUT2D eigenvalue weighted by Gasteiger charge is 2.30. The van der Waals surface area contributed by atoms with Crippen molar-refractivity contribution in [2.45, 2.75) is 25.4 Å². The molecule has 1 fully saturated rings. The van der Waals surface area contributed by atoms with E-state index in [1.165, 1.54) is 0 Å². The van der Waals surface area contributed by atoms with Crippen LogP contribution in [-0.4, -0.2) is 41.4 Å². The zero-order chi connectivity index (χ0) is 15.6. The van der Waals surface area contributed by atoms with E-state index in [2.05, 4.69) is 10.3 Å². The van der Waals surface area contributed by atoms with E-state index in [4.69, 9.17) is 4.74 Å². The summed E-state index contributed by atoms with van der Waals surface area (Å²) in [5.74, 6) is -0.205. The van der Waals surface area contributed by atoms with Gasteiger partial charge in [0, 0.05) is 43.7 Å². The lowest BCUT2D eigenvalue weighted by atomic mass is 9.94. The average molecular weight is 300 g/mol. The van der Waals surface area contributed by atoms with Gasteiger partial charge in [0.2, 0.25) is 0 Å². The first-order valence-electron chi connectivity index (χ1n) is 7.52. The largest absolute Gasteiger partial charge is 0.388 e. The minimum absolute atomic E-state index is 0.205. The van der Waals surface area contributed by atoms with E-state index >= 15 is 0 Å². The Labute approximate surface area is 129 Å². The first-order valence-corrected chi connectivity index (χ1v) is 7.52. The van der Waals surface area contributed by atoms with Crippen molar-refractivity contribution in [3.63, 3.8) is 0 Å². The molecule has 1 saturated heterocycles. The molecule has 1 aromatic carbocycles. The molecule has 0 bridgehead atoms. The van der Waals surface area contributed by atoms with Gasteiger partial charge in [0.15, 0.2) is 0 Å². The number of hydrogen-bond acceptors (Lipinski definition) is 4. The molecule has 0 unspecified atom stereocenters. The minimum Gasteiger partial charge on any atom is -0.388 e. The Bertz CT molecular complexity index is 693. The van der Waals surface area contributed by atoms with Crippen molar-refractivity contribution in [3.8, 4) is 0 Å². The van der Waals surface area contributed by atoms with Gasteiger partial charge in [0.25, 0.3) is 5.91 Å². The summed E-state index contributed by atoms with van der Waals surface area (Å²) in [5.41, 5.74) is 1.23. The lowest BCUT2D eigenvalue weighted by Crippen LogP contribution is -2.46. The summed E-state index contributed by atoms with van der Waals surface area (Å²) >= 11 is 0. The van der Waals surface area contributed by atoms with Gasteiger partial charge in [0.05, 0.1) is 16.7 Å². The number of ether oxygens (including phenoxy) is 1. The molecule has 116 valence electrons. The molecule has 0 atom stereocenters. The number of benzene rings is 1. The number of aromatic nitrogens is 1. The molecule has 1 aliphatic heterocycles. The standard InChI is InChI=1S/C17H20N2O3/c1-12-5-6-13-3-2-4-14(15(13)19-12)16(20)18-11-17(21)7-9-22-10-8-17/h2-6,21H,7-11H2,1H3,(H,18,20). The number of fused-ring (bicyclic) bond motifs is 1. The second kappa shape index (κ2) is 6.02. The number of amides is 1. The van der Waals surface area contributed by atoms with Crippen LogP contribution in [-0.2, 0) is 4.74 Å². The number of nitrogens with one attached hydrogen (secondary N) is 1. The molecular formula is C17H20N2O3. The predicted octanol–water partition coefficient (Wildman–Crippen LogP) is 1.81. The number of rotatable bonds is 3. The fraction of sp³-hybridized carbons (Fsp3) is 0.412. The molecular weight excluding hydrogens is 280 g/mol. The topological polar surface area (TPSA) is 71.5 Å². The number of aliphatic hydroxyl groups is 1. The number of para-hydroxylation sites is 1. The Morgan fingerprint density at radius 2 is 2.09 bits per heavy atom. The van der Waals surface area contributed by atoms with Crippen LogP contribution in [0.3, 0.4) is 0 Å². The maximum absolute atomic E-state index is 12.5. The van der Waals surface area contributed by atoms with E-state index in [9.17, 15) is 9.90 Å². The highest BCUT2D eigenvalue weighted by atomic mass is 16.5. The summed E-state index contributed by atoms with van der Waals surface area (Å²) in [6.45, 7) is 3.19. The van der Waals surface area contributed by atoms with E-state index in [-0.39, 0.29) is 12.5 Å². The number of aryl methyl sites for hydroxylation is 1. The van der Waals surface area contributed by atoms with Crippen LogP contribution in [0.5, 0.6) is 0 Å². The maximum Gasteiger partial charge on any atom is 0.253 e. The van der Waals surface area contributed by atoms with E-state index in [0.717, 1.165) is 11.1 Å². The third-order valence-electron chi connectivity index (χ3n) is 4.11. The third-order valence-corrected chi connectivity index (χ3v) is 4.11. The first-order chi connectivity index (χ1) is 10.6. The maximum atomic E-state index is 12.5. The molecule has 0 aliphatic carbocycles. The summed E-state index contributed by atoms with van der Waals surface area (Å²) in [6, 6.07) is 9.43. The van der Waals surface area contributed by atoms with Crippen LogP contribution >= 0.6 is 0 Å². The van der Waals surface area contributed by atoms with Crippen LogP contribution in [0.2, 0.25) is 0 Å². The van der Waals surface area contributed by atoms with Crippen LogP contribution in [0.15, 0.2) is 30.3 Å². The van der Waals surface area contributed by atoms with Crippen LogP contribution < -0.4 is 5.32 Å². The lowest BCUT2D eigenvalue weighted by Gasteiger charge is -2.32. The van der Waals surface area contributed by atoms with Gasteiger partial charge in [-0.05, 0) is 19.1 Å². The molecule has 3 rings (SSSR count). The van der Waals surface area contributed by atoms with Crippen LogP contribution in [0.4, 0.5) is 0 Å². The Balaban J connectivity index is 1.79. The smallest absolute Gasteiger partial charge is 0.253 e. The Morgan fingerprint density at radius 3 is 2.86 bits per heavy atom. The van der Waals surface area contributed by atoms with Gasteiger partial charge in [-0.1, -0.05) is 18.2 Å². The zero-order valence-corrected chi connectivity index (χ0v) is 12.6.